The average Bonchev–Trinajstić information content (AvgIpc) is 2.80. The third-order valence-corrected chi connectivity index (χ3v) is 4.34. The van der Waals surface area contributed by atoms with Crippen molar-refractivity contribution in [3.63, 3.8) is 0 Å². The van der Waals surface area contributed by atoms with Crippen molar-refractivity contribution in [3.8, 4) is 0 Å². The molecule has 1 aromatic heterocycles. The zero-order valence-electron chi connectivity index (χ0n) is 14.7. The molecule has 1 heterocycles. The first-order chi connectivity index (χ1) is 10.9. The Hall–Kier alpha value is -1.43. The number of amides is 1. The monoisotopic (exact) mass is 387 g/mol. The molecule has 25 heavy (non-hydrogen) atoms. The van der Waals surface area contributed by atoms with E-state index in [-0.39, 0.29) is 54.0 Å². The van der Waals surface area contributed by atoms with Crippen LogP contribution in [0.4, 0.5) is 19.2 Å². The normalized spacial score (nSPS) is 11.8. The Kier molecular flexibility index (Phi) is 6.43. The van der Waals surface area contributed by atoms with Gasteiger partial charge in [-0.15, -0.1) is 5.10 Å². The number of benzene rings is 1. The van der Waals surface area contributed by atoms with Crippen molar-refractivity contribution in [2.75, 3.05) is 11.6 Å². The van der Waals surface area contributed by atoms with Crippen LogP contribution in [0.15, 0.2) is 21.4 Å². The number of anilines is 1. The molecule has 0 aliphatic heterocycles. The molecule has 0 aliphatic rings. The van der Waals surface area contributed by atoms with Crippen molar-refractivity contribution < 1.29 is 61.8 Å². The second kappa shape index (κ2) is 7.44. The number of carbonyl (C=O) groups is 1. The van der Waals surface area contributed by atoms with E-state index in [2.05, 4.69) is 15.5 Å². The summed E-state index contributed by atoms with van der Waals surface area (Å²) in [5.74, 6) is -0.693. The molecular formula is C13H13F3N3NaO4S. The molecule has 0 saturated carbocycles. The van der Waals surface area contributed by atoms with Gasteiger partial charge in [0.2, 0.25) is 5.89 Å². The van der Waals surface area contributed by atoms with E-state index in [1.165, 1.54) is 6.92 Å². The number of alkyl halides is 3. The predicted octanol–water partition coefficient (Wildman–Crippen LogP) is -0.522. The van der Waals surface area contributed by atoms with Crippen molar-refractivity contribution in [3.05, 3.63) is 34.7 Å². The van der Waals surface area contributed by atoms with Crippen LogP contribution in [0, 0.1) is 13.8 Å². The van der Waals surface area contributed by atoms with Crippen LogP contribution in [0.2, 0.25) is 0 Å². The molecule has 0 atom stereocenters. The Morgan fingerprint density at radius 3 is 2.28 bits per heavy atom. The van der Waals surface area contributed by atoms with E-state index in [4.69, 9.17) is 4.42 Å². The SMILES string of the molecule is Cc1nnc(NC(=O)c2ccc(C(F)(F)F)c(S(C)(=O)=O)c2C)o1.[H-].[Na+]. The Morgan fingerprint density at radius 2 is 1.84 bits per heavy atom. The maximum absolute atomic E-state index is 13.0. The Balaban J connectivity index is 0.00000312. The van der Waals surface area contributed by atoms with E-state index in [1.54, 1.807) is 0 Å². The number of sulfone groups is 1. The minimum absolute atomic E-state index is 0. The Labute approximate surface area is 164 Å². The first-order valence-electron chi connectivity index (χ1n) is 6.43. The molecule has 2 aromatic rings. The van der Waals surface area contributed by atoms with Gasteiger partial charge in [-0.25, -0.2) is 8.42 Å². The summed E-state index contributed by atoms with van der Waals surface area (Å²) < 4.78 is 67.6. The van der Waals surface area contributed by atoms with E-state index in [0.29, 0.717) is 12.3 Å². The fourth-order valence-corrected chi connectivity index (χ4v) is 3.40. The van der Waals surface area contributed by atoms with E-state index >= 15 is 0 Å². The predicted molar refractivity (Wildman–Crippen MR) is 77.4 cm³/mol. The molecule has 7 nitrogen and oxygen atoms in total. The second-order valence-corrected chi connectivity index (χ2v) is 6.92. The summed E-state index contributed by atoms with van der Waals surface area (Å²) in [6, 6.07) is 1.20. The summed E-state index contributed by atoms with van der Waals surface area (Å²) in [7, 11) is -4.22. The van der Waals surface area contributed by atoms with Gasteiger partial charge in [-0.2, -0.15) is 13.2 Å². The standard InChI is InChI=1S/C13H12F3N3O4S.Na.H/c1-6-8(11(20)17-12-19-18-7(2)23-12)4-5-9(13(14,15)16)10(6)24(3,21)22;;/h4-5H,1-3H3,(H,17,19,20);;/q;+1;-1. The number of hydrogen-bond acceptors (Lipinski definition) is 6. The third-order valence-electron chi connectivity index (χ3n) is 3.07. The van der Waals surface area contributed by atoms with Crippen LogP contribution in [-0.4, -0.2) is 30.8 Å². The van der Waals surface area contributed by atoms with Gasteiger partial charge >= 0.3 is 41.7 Å². The van der Waals surface area contributed by atoms with Gasteiger partial charge < -0.3 is 5.84 Å². The molecule has 1 N–H and O–H groups in total. The van der Waals surface area contributed by atoms with Gasteiger partial charge in [0.05, 0.1) is 10.5 Å². The molecule has 0 radical (unpaired) electrons. The molecule has 0 saturated heterocycles. The van der Waals surface area contributed by atoms with Crippen LogP contribution >= 0.6 is 0 Å². The molecule has 0 unspecified atom stereocenters. The van der Waals surface area contributed by atoms with E-state index < -0.39 is 32.4 Å². The van der Waals surface area contributed by atoms with Gasteiger partial charge in [-0.1, -0.05) is 5.10 Å². The summed E-state index contributed by atoms with van der Waals surface area (Å²) in [6.07, 6.45) is -4.23. The van der Waals surface area contributed by atoms with Crippen molar-refractivity contribution in [1.82, 2.24) is 10.2 Å². The minimum Gasteiger partial charge on any atom is -1.00 e. The first kappa shape index (κ1) is 21.6. The number of aromatic nitrogens is 2. The molecule has 0 aliphatic carbocycles. The number of hydrogen-bond donors (Lipinski definition) is 1. The van der Waals surface area contributed by atoms with Crippen LogP contribution in [0.3, 0.4) is 0 Å². The van der Waals surface area contributed by atoms with Gasteiger partial charge in [-0.3, -0.25) is 10.1 Å². The Bertz CT molecular complexity index is 916. The quantitative estimate of drug-likeness (QED) is 0.711. The van der Waals surface area contributed by atoms with Crippen molar-refractivity contribution in [2.45, 2.75) is 24.9 Å². The summed E-state index contributed by atoms with van der Waals surface area (Å²) >= 11 is 0. The largest absolute Gasteiger partial charge is 1.00 e. The van der Waals surface area contributed by atoms with Crippen molar-refractivity contribution in [1.29, 1.82) is 0 Å². The number of nitrogens with zero attached hydrogens (tertiary/aromatic N) is 2. The summed E-state index contributed by atoms with van der Waals surface area (Å²) in [5.41, 5.74) is -1.90. The number of halogens is 3. The van der Waals surface area contributed by atoms with Crippen LogP contribution in [0.1, 0.15) is 28.8 Å². The number of rotatable bonds is 3. The molecule has 2 rings (SSSR count). The van der Waals surface area contributed by atoms with Gasteiger partial charge in [-0.05, 0) is 24.6 Å². The second-order valence-electron chi connectivity index (χ2n) is 4.97. The van der Waals surface area contributed by atoms with Crippen LogP contribution in [-0.2, 0) is 16.0 Å². The number of aryl methyl sites for hydroxylation is 1. The van der Waals surface area contributed by atoms with Crippen LogP contribution in [0.5, 0.6) is 0 Å². The van der Waals surface area contributed by atoms with E-state index in [9.17, 15) is 26.4 Å². The summed E-state index contributed by atoms with van der Waals surface area (Å²) in [6.45, 7) is 2.60. The fourth-order valence-electron chi connectivity index (χ4n) is 2.15. The zero-order chi connectivity index (χ0) is 18.3. The number of carbonyl (C=O) groups excluding carboxylic acids is 1. The minimum atomic E-state index is -4.87. The molecule has 1 aromatic carbocycles. The molecular weight excluding hydrogens is 374 g/mol. The van der Waals surface area contributed by atoms with Crippen LogP contribution in [0.25, 0.3) is 0 Å². The molecule has 132 valence electrons. The zero-order valence-corrected chi connectivity index (χ0v) is 16.5. The average molecular weight is 387 g/mol. The third kappa shape index (κ3) is 4.81. The van der Waals surface area contributed by atoms with E-state index in [0.717, 1.165) is 13.0 Å². The van der Waals surface area contributed by atoms with Crippen molar-refractivity contribution >= 4 is 21.8 Å². The molecule has 1 amide bonds. The maximum atomic E-state index is 13.0. The van der Waals surface area contributed by atoms with Gasteiger partial charge in [0, 0.05) is 18.7 Å². The Morgan fingerprint density at radius 1 is 1.24 bits per heavy atom. The first-order valence-corrected chi connectivity index (χ1v) is 8.32. The summed E-state index contributed by atoms with van der Waals surface area (Å²) in [5, 5.41) is 9.21. The summed E-state index contributed by atoms with van der Waals surface area (Å²) in [4.78, 5) is 11.2. The van der Waals surface area contributed by atoms with Gasteiger partial charge in [0.15, 0.2) is 9.84 Å². The van der Waals surface area contributed by atoms with Gasteiger partial charge in [0.25, 0.3) is 5.91 Å². The maximum Gasteiger partial charge on any atom is 1.00 e. The van der Waals surface area contributed by atoms with Crippen molar-refractivity contribution in [2.24, 2.45) is 0 Å². The smallest absolute Gasteiger partial charge is 1.00 e. The molecule has 12 heteroatoms. The molecule has 0 bridgehead atoms. The molecule has 0 spiro atoms. The number of nitrogens with one attached hydrogen (secondary N) is 1. The van der Waals surface area contributed by atoms with E-state index in [1.807, 2.05) is 0 Å². The topological polar surface area (TPSA) is 102 Å². The fraction of sp³-hybridized carbons (Fsp3) is 0.308. The van der Waals surface area contributed by atoms with Gasteiger partial charge in [0.1, 0.15) is 0 Å². The van der Waals surface area contributed by atoms with Crippen LogP contribution < -0.4 is 34.9 Å². The molecule has 0 fully saturated rings.